The first-order chi connectivity index (χ1) is 14.5. The maximum absolute atomic E-state index is 12.9. The fourth-order valence-electron chi connectivity index (χ4n) is 3.39. The summed E-state index contributed by atoms with van der Waals surface area (Å²) in [5.41, 5.74) is 1.56. The van der Waals surface area contributed by atoms with Gasteiger partial charge in [0.15, 0.2) is 10.9 Å². The molecule has 30 heavy (non-hydrogen) atoms. The molecule has 7 heteroatoms. The number of benzene rings is 2. The van der Waals surface area contributed by atoms with E-state index in [9.17, 15) is 14.4 Å². The highest BCUT2D eigenvalue weighted by Gasteiger charge is 2.29. The summed E-state index contributed by atoms with van der Waals surface area (Å²) in [6, 6.07) is 16.5. The highest BCUT2D eigenvalue weighted by molar-refractivity contribution is 7.99. The first-order valence-corrected chi connectivity index (χ1v) is 11.0. The minimum atomic E-state index is -0.573. The Hall–Kier alpha value is -2.93. The van der Waals surface area contributed by atoms with Crippen molar-refractivity contribution in [3.8, 4) is 0 Å². The third-order valence-electron chi connectivity index (χ3n) is 5.13. The minimum absolute atomic E-state index is 0.0586. The van der Waals surface area contributed by atoms with Crippen molar-refractivity contribution >= 4 is 34.4 Å². The Labute approximate surface area is 178 Å². The summed E-state index contributed by atoms with van der Waals surface area (Å²) >= 11 is 1.24. The Morgan fingerprint density at radius 3 is 2.53 bits per heavy atom. The highest BCUT2D eigenvalue weighted by atomic mass is 32.2. The molecule has 6 nitrogen and oxygen atoms in total. The van der Waals surface area contributed by atoms with Gasteiger partial charge in [-0.3, -0.25) is 19.0 Å². The first kappa shape index (κ1) is 20.3. The molecule has 1 heterocycles. The van der Waals surface area contributed by atoms with E-state index in [2.05, 4.69) is 10.3 Å². The smallest absolute Gasteiger partial charge is 0.262 e. The lowest BCUT2D eigenvalue weighted by Gasteiger charge is -2.16. The van der Waals surface area contributed by atoms with E-state index in [1.54, 1.807) is 10.6 Å². The van der Waals surface area contributed by atoms with Gasteiger partial charge in [0.25, 0.3) is 5.56 Å². The number of amides is 1. The summed E-state index contributed by atoms with van der Waals surface area (Å²) in [4.78, 5) is 42.1. The van der Waals surface area contributed by atoms with Crippen LogP contribution in [0.5, 0.6) is 0 Å². The van der Waals surface area contributed by atoms with Crippen LogP contribution in [0.3, 0.4) is 0 Å². The lowest BCUT2D eigenvalue weighted by atomic mass is 10.0. The van der Waals surface area contributed by atoms with E-state index >= 15 is 0 Å². The fraction of sp³-hybridized carbons (Fsp3) is 0.304. The Kier molecular flexibility index (Phi) is 5.99. The van der Waals surface area contributed by atoms with Gasteiger partial charge >= 0.3 is 0 Å². The van der Waals surface area contributed by atoms with Gasteiger partial charge in [0.05, 0.1) is 22.7 Å². The topological polar surface area (TPSA) is 81.1 Å². The maximum Gasteiger partial charge on any atom is 0.262 e. The molecule has 2 aromatic carbocycles. The number of nitrogens with zero attached hydrogens (tertiary/aromatic N) is 2. The number of carbonyl (C=O) groups is 2. The number of para-hydroxylation sites is 1. The van der Waals surface area contributed by atoms with Crippen molar-refractivity contribution < 1.29 is 9.59 Å². The third-order valence-corrected chi connectivity index (χ3v) is 6.08. The molecule has 1 saturated carbocycles. The zero-order chi connectivity index (χ0) is 21.1. The standard InChI is InChI=1S/C23H23N3O3S/c1-15(27)20(13-16-7-3-2-4-8-16)24-21(28)14-30-23-25-19-10-6-5-9-18(19)22(29)26(23)17-11-12-17/h2-10,17,20H,11-14H2,1H3,(H,24,28)/t20-/m0/s1. The Bertz CT molecular complexity index is 1140. The predicted octanol–water partition coefficient (Wildman–Crippen LogP) is 3.14. The Morgan fingerprint density at radius 1 is 1.13 bits per heavy atom. The monoisotopic (exact) mass is 421 g/mol. The lowest BCUT2D eigenvalue weighted by Crippen LogP contribution is -2.42. The van der Waals surface area contributed by atoms with E-state index in [0.29, 0.717) is 22.5 Å². The number of hydrogen-bond donors (Lipinski definition) is 1. The van der Waals surface area contributed by atoms with Gasteiger partial charge in [0.1, 0.15) is 0 Å². The van der Waals surface area contributed by atoms with Crippen molar-refractivity contribution in [1.29, 1.82) is 0 Å². The molecule has 0 aliphatic heterocycles. The molecule has 1 aliphatic carbocycles. The van der Waals surface area contributed by atoms with Crippen molar-refractivity contribution in [3.05, 3.63) is 70.5 Å². The van der Waals surface area contributed by atoms with E-state index < -0.39 is 6.04 Å². The van der Waals surface area contributed by atoms with E-state index in [1.807, 2.05) is 48.5 Å². The number of thioether (sulfide) groups is 1. The number of nitrogens with one attached hydrogen (secondary N) is 1. The quantitative estimate of drug-likeness (QED) is 0.446. The minimum Gasteiger partial charge on any atom is -0.345 e. The zero-order valence-electron chi connectivity index (χ0n) is 16.7. The van der Waals surface area contributed by atoms with Gasteiger partial charge in [-0.25, -0.2) is 4.98 Å². The van der Waals surface area contributed by atoms with Gasteiger partial charge in [-0.05, 0) is 43.9 Å². The molecular weight excluding hydrogens is 398 g/mol. The van der Waals surface area contributed by atoms with Crippen molar-refractivity contribution in [2.45, 2.75) is 43.4 Å². The molecular formula is C23H23N3O3S. The van der Waals surface area contributed by atoms with E-state index in [-0.39, 0.29) is 29.0 Å². The summed E-state index contributed by atoms with van der Waals surface area (Å²) in [5.74, 6) is -0.243. The van der Waals surface area contributed by atoms with Crippen LogP contribution in [0.25, 0.3) is 10.9 Å². The largest absolute Gasteiger partial charge is 0.345 e. The number of fused-ring (bicyclic) bond motifs is 1. The SMILES string of the molecule is CC(=O)[C@H](Cc1ccccc1)NC(=O)CSc1nc2ccccc2c(=O)n1C1CC1. The Morgan fingerprint density at radius 2 is 1.83 bits per heavy atom. The molecule has 1 amide bonds. The fourth-order valence-corrected chi connectivity index (χ4v) is 4.27. The van der Waals surface area contributed by atoms with Crippen LogP contribution in [0.1, 0.15) is 31.4 Å². The van der Waals surface area contributed by atoms with Gasteiger partial charge in [-0.15, -0.1) is 0 Å². The van der Waals surface area contributed by atoms with Crippen LogP contribution in [0.4, 0.5) is 0 Å². The predicted molar refractivity (Wildman–Crippen MR) is 118 cm³/mol. The summed E-state index contributed by atoms with van der Waals surface area (Å²) in [5, 5.41) is 3.98. The molecule has 0 unspecified atom stereocenters. The van der Waals surface area contributed by atoms with Gasteiger partial charge < -0.3 is 5.32 Å². The van der Waals surface area contributed by atoms with Crippen molar-refractivity contribution in [2.75, 3.05) is 5.75 Å². The molecule has 1 aliphatic rings. The van der Waals surface area contributed by atoms with Crippen LogP contribution < -0.4 is 10.9 Å². The second kappa shape index (κ2) is 8.83. The number of hydrogen-bond acceptors (Lipinski definition) is 5. The van der Waals surface area contributed by atoms with Gasteiger partial charge in [-0.2, -0.15) is 0 Å². The van der Waals surface area contributed by atoms with Crippen molar-refractivity contribution in [1.82, 2.24) is 14.9 Å². The molecule has 1 fully saturated rings. The first-order valence-electron chi connectivity index (χ1n) is 10.0. The highest BCUT2D eigenvalue weighted by Crippen LogP contribution is 2.36. The van der Waals surface area contributed by atoms with Gasteiger partial charge in [-0.1, -0.05) is 54.2 Å². The normalized spacial score (nSPS) is 14.4. The average molecular weight is 422 g/mol. The molecule has 4 rings (SSSR count). The van der Waals surface area contributed by atoms with Crippen LogP contribution in [0.2, 0.25) is 0 Å². The van der Waals surface area contributed by atoms with E-state index in [0.717, 1.165) is 18.4 Å². The van der Waals surface area contributed by atoms with Crippen molar-refractivity contribution in [2.24, 2.45) is 0 Å². The summed E-state index contributed by atoms with van der Waals surface area (Å²) in [7, 11) is 0. The maximum atomic E-state index is 12.9. The number of aromatic nitrogens is 2. The van der Waals surface area contributed by atoms with Gasteiger partial charge in [0.2, 0.25) is 5.91 Å². The summed E-state index contributed by atoms with van der Waals surface area (Å²) < 4.78 is 1.71. The molecule has 1 aromatic heterocycles. The van der Waals surface area contributed by atoms with Crippen LogP contribution in [0.15, 0.2) is 64.5 Å². The number of Topliss-reactive ketones (excluding diaryl/α,β-unsaturated/α-hetero) is 1. The molecule has 154 valence electrons. The van der Waals surface area contributed by atoms with Crippen molar-refractivity contribution in [3.63, 3.8) is 0 Å². The second-order valence-corrected chi connectivity index (χ2v) is 8.47. The summed E-state index contributed by atoms with van der Waals surface area (Å²) in [6.45, 7) is 1.48. The number of carbonyl (C=O) groups excluding carboxylic acids is 2. The molecule has 1 atom stereocenters. The molecule has 0 radical (unpaired) electrons. The number of ketones is 1. The molecule has 0 spiro atoms. The Balaban J connectivity index is 1.48. The van der Waals surface area contributed by atoms with E-state index in [4.69, 9.17) is 0 Å². The third kappa shape index (κ3) is 4.62. The van der Waals surface area contributed by atoms with Gasteiger partial charge in [0, 0.05) is 6.04 Å². The summed E-state index contributed by atoms with van der Waals surface area (Å²) in [6.07, 6.45) is 2.35. The number of rotatable bonds is 8. The van der Waals surface area contributed by atoms with Crippen LogP contribution in [-0.2, 0) is 16.0 Å². The lowest BCUT2D eigenvalue weighted by molar-refractivity contribution is -0.125. The molecule has 1 N–H and O–H groups in total. The van der Waals surface area contributed by atoms with E-state index in [1.165, 1.54) is 18.7 Å². The zero-order valence-corrected chi connectivity index (χ0v) is 17.5. The van der Waals surface area contributed by atoms with Crippen LogP contribution >= 0.6 is 11.8 Å². The molecule has 3 aromatic rings. The van der Waals surface area contributed by atoms with Crippen LogP contribution in [-0.4, -0.2) is 33.0 Å². The average Bonchev–Trinajstić information content (AvgIpc) is 3.57. The molecule has 0 bridgehead atoms. The second-order valence-electron chi connectivity index (χ2n) is 7.53. The molecule has 0 saturated heterocycles. The van der Waals surface area contributed by atoms with Crippen LogP contribution in [0, 0.1) is 0 Å².